The maximum Gasteiger partial charge on any atom is 0.249 e. The Balaban J connectivity index is 2.12. The molecule has 100 valence electrons. The second kappa shape index (κ2) is 5.60. The number of hydrogen-bond acceptors (Lipinski definition) is 4. The van der Waals surface area contributed by atoms with Crippen LogP contribution in [-0.2, 0) is 20.8 Å². The van der Waals surface area contributed by atoms with Gasteiger partial charge in [-0.3, -0.25) is 24.7 Å². The minimum Gasteiger partial charge on any atom is -0.321 e. The lowest BCUT2D eigenvalue weighted by Crippen LogP contribution is -2.59. The normalized spacial score (nSPS) is 19.2. The molecule has 0 spiro atoms. The van der Waals surface area contributed by atoms with E-state index in [4.69, 9.17) is 0 Å². The molecule has 2 heterocycles. The van der Waals surface area contributed by atoms with Crippen LogP contribution < -0.4 is 5.32 Å². The van der Waals surface area contributed by atoms with Gasteiger partial charge in [-0.05, 0) is 18.6 Å². The van der Waals surface area contributed by atoms with Gasteiger partial charge in [-0.2, -0.15) is 0 Å². The van der Waals surface area contributed by atoms with E-state index >= 15 is 0 Å². The van der Waals surface area contributed by atoms with E-state index in [-0.39, 0.29) is 18.9 Å². The third-order valence-electron chi connectivity index (χ3n) is 3.02. The maximum atomic E-state index is 12.2. The number of rotatable bonds is 3. The van der Waals surface area contributed by atoms with Gasteiger partial charge in [-0.25, -0.2) is 0 Å². The van der Waals surface area contributed by atoms with Crippen LogP contribution >= 0.6 is 0 Å². The highest BCUT2D eigenvalue weighted by Gasteiger charge is 2.35. The topological polar surface area (TPSA) is 79.4 Å². The summed E-state index contributed by atoms with van der Waals surface area (Å²) in [6.07, 6.45) is 2.18. The monoisotopic (exact) mass is 261 g/mol. The molecule has 1 atom stereocenters. The van der Waals surface area contributed by atoms with Crippen LogP contribution in [0.1, 0.15) is 19.0 Å². The molecule has 0 bridgehead atoms. The first kappa shape index (κ1) is 13.2. The van der Waals surface area contributed by atoms with E-state index in [2.05, 4.69) is 10.3 Å². The number of nitrogens with zero attached hydrogens (tertiary/aromatic N) is 2. The van der Waals surface area contributed by atoms with Gasteiger partial charge < -0.3 is 4.90 Å². The van der Waals surface area contributed by atoms with Crippen molar-refractivity contribution in [1.29, 1.82) is 0 Å². The molecule has 1 unspecified atom stereocenters. The molecule has 6 heteroatoms. The lowest BCUT2D eigenvalue weighted by Gasteiger charge is -2.33. The molecule has 1 aromatic heterocycles. The van der Waals surface area contributed by atoms with Crippen molar-refractivity contribution < 1.29 is 14.4 Å². The molecule has 1 saturated heterocycles. The lowest BCUT2D eigenvalue weighted by molar-refractivity contribution is -0.149. The second-order valence-electron chi connectivity index (χ2n) is 4.36. The smallest absolute Gasteiger partial charge is 0.249 e. The van der Waals surface area contributed by atoms with Crippen molar-refractivity contribution in [2.75, 3.05) is 6.54 Å². The Morgan fingerprint density at radius 1 is 1.47 bits per heavy atom. The second-order valence-corrected chi connectivity index (χ2v) is 4.36. The van der Waals surface area contributed by atoms with Gasteiger partial charge >= 0.3 is 0 Å². The van der Waals surface area contributed by atoms with Crippen LogP contribution in [-0.4, -0.2) is 40.2 Å². The van der Waals surface area contributed by atoms with E-state index in [1.54, 1.807) is 31.3 Å². The van der Waals surface area contributed by atoms with Crippen molar-refractivity contribution in [2.24, 2.45) is 0 Å². The minimum atomic E-state index is -0.575. The fourth-order valence-electron chi connectivity index (χ4n) is 2.09. The van der Waals surface area contributed by atoms with Crippen molar-refractivity contribution >= 4 is 17.7 Å². The Hall–Kier alpha value is -2.24. The zero-order valence-electron chi connectivity index (χ0n) is 10.6. The van der Waals surface area contributed by atoms with Crippen molar-refractivity contribution in [3.8, 4) is 0 Å². The number of aromatic nitrogens is 1. The maximum absolute atomic E-state index is 12.2. The van der Waals surface area contributed by atoms with Crippen LogP contribution in [0.15, 0.2) is 24.4 Å². The predicted octanol–water partition coefficient (Wildman–Crippen LogP) is -0.112. The molecule has 1 aliphatic heterocycles. The summed E-state index contributed by atoms with van der Waals surface area (Å²) in [4.78, 5) is 40.6. The summed E-state index contributed by atoms with van der Waals surface area (Å²) < 4.78 is 0. The van der Waals surface area contributed by atoms with Gasteiger partial charge in [0.1, 0.15) is 12.6 Å². The summed E-state index contributed by atoms with van der Waals surface area (Å²) in [6, 6.07) is 4.72. The molecule has 3 amide bonds. The summed E-state index contributed by atoms with van der Waals surface area (Å²) in [6.45, 7) is 1.73. The van der Waals surface area contributed by atoms with Gasteiger partial charge in [-0.15, -0.1) is 0 Å². The highest BCUT2D eigenvalue weighted by Crippen LogP contribution is 2.11. The molecule has 1 N–H and O–H groups in total. The van der Waals surface area contributed by atoms with Gasteiger partial charge in [0.2, 0.25) is 17.7 Å². The zero-order chi connectivity index (χ0) is 13.8. The number of carbonyl (C=O) groups excluding carboxylic acids is 3. The Labute approximate surface area is 110 Å². The summed E-state index contributed by atoms with van der Waals surface area (Å²) in [5.41, 5.74) is 0.626. The van der Waals surface area contributed by atoms with Gasteiger partial charge in [0.05, 0.1) is 6.42 Å². The van der Waals surface area contributed by atoms with Gasteiger partial charge in [0, 0.05) is 11.9 Å². The molecule has 1 aliphatic rings. The van der Waals surface area contributed by atoms with Crippen molar-refractivity contribution in [2.45, 2.75) is 25.8 Å². The first-order valence-electron chi connectivity index (χ1n) is 6.15. The van der Waals surface area contributed by atoms with E-state index in [9.17, 15) is 14.4 Å². The molecule has 0 radical (unpaired) electrons. The Morgan fingerprint density at radius 3 is 2.89 bits per heavy atom. The van der Waals surface area contributed by atoms with Crippen LogP contribution in [0.3, 0.4) is 0 Å². The standard InChI is InChI=1S/C13H15N3O3/c1-2-10-13(19)15-11(17)8-16(10)12(18)7-9-5-3-4-6-14-9/h3-6,10H,2,7-8H2,1H3,(H,15,17,19). The quantitative estimate of drug-likeness (QED) is 0.770. The fraction of sp³-hybridized carbons (Fsp3) is 0.385. The lowest BCUT2D eigenvalue weighted by atomic mass is 10.1. The van der Waals surface area contributed by atoms with Crippen molar-refractivity contribution in [1.82, 2.24) is 15.2 Å². The zero-order valence-corrected chi connectivity index (χ0v) is 10.6. The SMILES string of the molecule is CCC1C(=O)NC(=O)CN1C(=O)Cc1ccccn1. The van der Waals surface area contributed by atoms with Crippen molar-refractivity contribution in [3.05, 3.63) is 30.1 Å². The van der Waals surface area contributed by atoms with Crippen molar-refractivity contribution in [3.63, 3.8) is 0 Å². The number of piperazine rings is 1. The molecule has 0 saturated carbocycles. The van der Waals surface area contributed by atoms with E-state index < -0.39 is 17.9 Å². The number of amides is 3. The average molecular weight is 261 g/mol. The van der Waals surface area contributed by atoms with Gasteiger partial charge in [-0.1, -0.05) is 13.0 Å². The summed E-state index contributed by atoms with van der Waals surface area (Å²) in [5, 5.41) is 2.24. The Morgan fingerprint density at radius 2 is 2.26 bits per heavy atom. The van der Waals surface area contributed by atoms with Gasteiger partial charge in [0.15, 0.2) is 0 Å². The molecular formula is C13H15N3O3. The number of pyridine rings is 1. The van der Waals surface area contributed by atoms with Gasteiger partial charge in [0.25, 0.3) is 0 Å². The minimum absolute atomic E-state index is 0.0735. The molecule has 0 aliphatic carbocycles. The molecule has 1 aromatic rings. The molecule has 1 fully saturated rings. The molecule has 2 rings (SSSR count). The molecule has 0 aromatic carbocycles. The predicted molar refractivity (Wildman–Crippen MR) is 66.9 cm³/mol. The first-order valence-corrected chi connectivity index (χ1v) is 6.15. The largest absolute Gasteiger partial charge is 0.321 e. The third-order valence-corrected chi connectivity index (χ3v) is 3.02. The summed E-state index contributed by atoms with van der Waals surface area (Å²) in [7, 11) is 0. The average Bonchev–Trinajstić information content (AvgIpc) is 2.39. The molecular weight excluding hydrogens is 246 g/mol. The summed E-state index contributed by atoms with van der Waals surface area (Å²) >= 11 is 0. The van der Waals surface area contributed by atoms with Crippen LogP contribution in [0, 0.1) is 0 Å². The highest BCUT2D eigenvalue weighted by molar-refractivity contribution is 6.04. The van der Waals surface area contributed by atoms with Crippen LogP contribution in [0.25, 0.3) is 0 Å². The van der Waals surface area contributed by atoms with Crippen LogP contribution in [0.2, 0.25) is 0 Å². The molecule has 6 nitrogen and oxygen atoms in total. The molecule has 19 heavy (non-hydrogen) atoms. The Kier molecular flexibility index (Phi) is 3.89. The highest BCUT2D eigenvalue weighted by atomic mass is 16.2. The fourth-order valence-corrected chi connectivity index (χ4v) is 2.09. The van der Waals surface area contributed by atoms with E-state index in [0.717, 1.165) is 0 Å². The third kappa shape index (κ3) is 2.96. The number of imide groups is 1. The van der Waals surface area contributed by atoms with Crippen LogP contribution in [0.4, 0.5) is 0 Å². The first-order chi connectivity index (χ1) is 9.11. The number of hydrogen-bond donors (Lipinski definition) is 1. The van der Waals surface area contributed by atoms with E-state index in [1.807, 2.05) is 0 Å². The Bertz CT molecular complexity index is 501. The van der Waals surface area contributed by atoms with E-state index in [0.29, 0.717) is 12.1 Å². The van der Waals surface area contributed by atoms with E-state index in [1.165, 1.54) is 4.90 Å². The van der Waals surface area contributed by atoms with Crippen LogP contribution in [0.5, 0.6) is 0 Å². The number of nitrogens with one attached hydrogen (secondary N) is 1. The number of carbonyl (C=O) groups is 3. The summed E-state index contributed by atoms with van der Waals surface area (Å²) in [5.74, 6) is -1.11.